The summed E-state index contributed by atoms with van der Waals surface area (Å²) in [6.45, 7) is 2.70. The molecule has 0 bridgehead atoms. The largest absolute Gasteiger partial charge is 0.468 e. The van der Waals surface area contributed by atoms with E-state index in [1.165, 1.54) is 10.8 Å². The number of hydrogen-bond acceptors (Lipinski definition) is 11. The molecule has 1 saturated heterocycles. The van der Waals surface area contributed by atoms with Crippen LogP contribution >= 0.6 is 0 Å². The molecule has 0 spiro atoms. The van der Waals surface area contributed by atoms with E-state index < -0.39 is 35.9 Å². The van der Waals surface area contributed by atoms with Gasteiger partial charge in [-0.05, 0) is 24.3 Å². The molecule has 2 aromatic heterocycles. The van der Waals surface area contributed by atoms with Crippen LogP contribution in [-0.4, -0.2) is 57.7 Å². The van der Waals surface area contributed by atoms with E-state index in [9.17, 15) is 14.9 Å². The van der Waals surface area contributed by atoms with E-state index in [-0.39, 0.29) is 32.1 Å². The first-order valence-electron chi connectivity index (χ1n) is 11.7. The number of esters is 2. The number of rotatable bonds is 10. The molecule has 3 aromatic rings. The van der Waals surface area contributed by atoms with Gasteiger partial charge in [0.1, 0.15) is 29.8 Å². The van der Waals surface area contributed by atoms with Gasteiger partial charge in [-0.3, -0.25) is 9.59 Å². The summed E-state index contributed by atoms with van der Waals surface area (Å²) < 4.78 is 30.3. The SMILES string of the molecule is CCC(=O)O[C@H]1[C@H](c2ccc3c(N)ncnn23)O[C@](C#N)(COCOc2ccccc2)[C@H]1OC(=O)CC. The second kappa shape index (κ2) is 11.2. The van der Waals surface area contributed by atoms with Crippen molar-refractivity contribution in [2.75, 3.05) is 19.1 Å². The molecule has 1 aliphatic rings. The van der Waals surface area contributed by atoms with E-state index in [1.807, 2.05) is 18.2 Å². The highest BCUT2D eigenvalue weighted by molar-refractivity contribution is 5.71. The van der Waals surface area contributed by atoms with Crippen LogP contribution < -0.4 is 10.5 Å². The fraction of sp³-hybridized carbons (Fsp3) is 0.400. The van der Waals surface area contributed by atoms with Crippen molar-refractivity contribution >= 4 is 23.3 Å². The van der Waals surface area contributed by atoms with Crippen LogP contribution in [0.3, 0.4) is 0 Å². The van der Waals surface area contributed by atoms with Gasteiger partial charge < -0.3 is 29.4 Å². The van der Waals surface area contributed by atoms with Crippen LogP contribution in [0.1, 0.15) is 38.5 Å². The average molecular weight is 510 g/mol. The van der Waals surface area contributed by atoms with Gasteiger partial charge in [0, 0.05) is 12.8 Å². The number of para-hydroxylation sites is 1. The van der Waals surface area contributed by atoms with Crippen molar-refractivity contribution in [2.24, 2.45) is 0 Å². The summed E-state index contributed by atoms with van der Waals surface area (Å²) in [5, 5.41) is 14.5. The molecule has 0 radical (unpaired) electrons. The fourth-order valence-corrected chi connectivity index (χ4v) is 4.01. The van der Waals surface area contributed by atoms with Gasteiger partial charge in [0.05, 0.1) is 12.3 Å². The maximum absolute atomic E-state index is 12.4. The van der Waals surface area contributed by atoms with Crippen LogP contribution in [-0.2, 0) is 28.5 Å². The third kappa shape index (κ3) is 5.32. The quantitative estimate of drug-likeness (QED) is 0.243. The summed E-state index contributed by atoms with van der Waals surface area (Å²) in [5.74, 6) is -0.366. The highest BCUT2D eigenvalue weighted by Crippen LogP contribution is 2.44. The van der Waals surface area contributed by atoms with Crippen molar-refractivity contribution in [2.45, 2.75) is 50.6 Å². The van der Waals surface area contributed by atoms with Crippen LogP contribution in [0.25, 0.3) is 5.52 Å². The summed E-state index contributed by atoms with van der Waals surface area (Å²) in [4.78, 5) is 28.8. The monoisotopic (exact) mass is 509 g/mol. The molecule has 4 atom stereocenters. The Hall–Kier alpha value is -4.21. The van der Waals surface area contributed by atoms with Crippen molar-refractivity contribution in [1.29, 1.82) is 5.26 Å². The van der Waals surface area contributed by atoms with Crippen molar-refractivity contribution in [1.82, 2.24) is 14.6 Å². The molecule has 4 rings (SSSR count). The zero-order chi connectivity index (χ0) is 26.4. The zero-order valence-corrected chi connectivity index (χ0v) is 20.4. The Morgan fingerprint density at radius 1 is 1.14 bits per heavy atom. The maximum Gasteiger partial charge on any atom is 0.306 e. The number of ether oxygens (including phenoxy) is 5. The molecule has 1 aliphatic heterocycles. The molecule has 1 aromatic carbocycles. The van der Waals surface area contributed by atoms with Crippen LogP contribution in [0.2, 0.25) is 0 Å². The molecule has 0 unspecified atom stereocenters. The van der Waals surface area contributed by atoms with Crippen LogP contribution in [0, 0.1) is 11.3 Å². The van der Waals surface area contributed by atoms with E-state index in [4.69, 9.17) is 29.4 Å². The van der Waals surface area contributed by atoms with Gasteiger partial charge in [-0.15, -0.1) is 0 Å². The van der Waals surface area contributed by atoms with Gasteiger partial charge >= 0.3 is 11.9 Å². The van der Waals surface area contributed by atoms with Gasteiger partial charge in [0.15, 0.2) is 24.8 Å². The predicted octanol–water partition coefficient (Wildman–Crippen LogP) is 2.34. The molecule has 0 amide bonds. The summed E-state index contributed by atoms with van der Waals surface area (Å²) in [6.07, 6.45) is -2.15. The molecular weight excluding hydrogens is 482 g/mol. The second-order valence-electron chi connectivity index (χ2n) is 8.24. The Morgan fingerprint density at radius 2 is 1.86 bits per heavy atom. The van der Waals surface area contributed by atoms with E-state index in [1.54, 1.807) is 38.1 Å². The van der Waals surface area contributed by atoms with Crippen LogP contribution in [0.4, 0.5) is 5.82 Å². The first-order valence-corrected chi connectivity index (χ1v) is 11.7. The van der Waals surface area contributed by atoms with Gasteiger partial charge in [-0.2, -0.15) is 10.4 Å². The number of fused-ring (bicyclic) bond motifs is 1. The Balaban J connectivity index is 1.68. The molecule has 0 saturated carbocycles. The van der Waals surface area contributed by atoms with Crippen molar-refractivity contribution in [3.8, 4) is 11.8 Å². The molecule has 37 heavy (non-hydrogen) atoms. The third-order valence-corrected chi connectivity index (χ3v) is 5.86. The molecular formula is C25H27N5O7. The summed E-state index contributed by atoms with van der Waals surface area (Å²) in [5.41, 5.74) is 5.06. The van der Waals surface area contributed by atoms with Gasteiger partial charge in [0.2, 0.25) is 5.60 Å². The standard InChI is InChI=1S/C25H27N5O7/c1-3-19(31)35-22-21(17-10-11-18-24(27)28-14-29-30(17)18)37-25(12-26,23(22)36-20(32)4-2)13-33-15-34-16-8-6-5-7-9-16/h5-11,14,21-23H,3-4,13,15H2,1-2H3,(H2,27,28,29)/t21-,22-,23-,25+/m0/s1. The lowest BCUT2D eigenvalue weighted by molar-refractivity contribution is -0.171. The van der Waals surface area contributed by atoms with Gasteiger partial charge in [-0.25, -0.2) is 9.50 Å². The summed E-state index contributed by atoms with van der Waals surface area (Å²) in [7, 11) is 0. The number of carbonyl (C=O) groups excluding carboxylic acids is 2. The van der Waals surface area contributed by atoms with Crippen molar-refractivity contribution < 1.29 is 33.3 Å². The van der Waals surface area contributed by atoms with E-state index in [2.05, 4.69) is 16.2 Å². The van der Waals surface area contributed by atoms with Crippen molar-refractivity contribution in [3.05, 3.63) is 54.5 Å². The average Bonchev–Trinajstić information content (AvgIpc) is 3.48. The van der Waals surface area contributed by atoms with Gasteiger partial charge in [-0.1, -0.05) is 32.0 Å². The minimum Gasteiger partial charge on any atom is -0.468 e. The minimum atomic E-state index is -1.82. The van der Waals surface area contributed by atoms with Crippen LogP contribution in [0.5, 0.6) is 5.75 Å². The number of nitrogen functional groups attached to an aromatic ring is 1. The Bertz CT molecular complexity index is 1290. The number of benzene rings is 1. The first-order chi connectivity index (χ1) is 17.9. The summed E-state index contributed by atoms with van der Waals surface area (Å²) in [6, 6.07) is 14.4. The maximum atomic E-state index is 12.4. The smallest absolute Gasteiger partial charge is 0.306 e. The number of nitrogens with zero attached hydrogens (tertiary/aromatic N) is 4. The molecule has 12 nitrogen and oxygen atoms in total. The number of carbonyl (C=O) groups is 2. The number of aromatic nitrogens is 3. The highest BCUT2D eigenvalue weighted by atomic mass is 16.7. The van der Waals surface area contributed by atoms with Crippen LogP contribution in [0.15, 0.2) is 48.8 Å². The van der Waals surface area contributed by atoms with Gasteiger partial charge in [0.25, 0.3) is 0 Å². The lowest BCUT2D eigenvalue weighted by Gasteiger charge is -2.28. The minimum absolute atomic E-state index is 0.0346. The lowest BCUT2D eigenvalue weighted by Crippen LogP contribution is -2.49. The fourth-order valence-electron chi connectivity index (χ4n) is 4.01. The number of nitrogens with two attached hydrogens (primary N) is 1. The normalized spacial score (nSPS) is 22.9. The van der Waals surface area contributed by atoms with E-state index in [0.29, 0.717) is 17.0 Å². The van der Waals surface area contributed by atoms with E-state index in [0.717, 1.165) is 0 Å². The third-order valence-electron chi connectivity index (χ3n) is 5.86. The summed E-state index contributed by atoms with van der Waals surface area (Å²) >= 11 is 0. The second-order valence-corrected chi connectivity index (χ2v) is 8.24. The highest BCUT2D eigenvalue weighted by Gasteiger charge is 2.61. The molecule has 194 valence electrons. The van der Waals surface area contributed by atoms with E-state index >= 15 is 0 Å². The Labute approximate surface area is 212 Å². The molecule has 0 aliphatic carbocycles. The Kier molecular flexibility index (Phi) is 7.86. The number of anilines is 1. The number of hydrogen-bond donors (Lipinski definition) is 1. The molecule has 12 heteroatoms. The number of nitriles is 1. The topological polar surface area (TPSA) is 160 Å². The molecule has 3 heterocycles. The molecule has 2 N–H and O–H groups in total. The predicted molar refractivity (Wildman–Crippen MR) is 128 cm³/mol. The Morgan fingerprint density at radius 3 is 2.57 bits per heavy atom. The zero-order valence-electron chi connectivity index (χ0n) is 20.4. The molecule has 1 fully saturated rings. The first kappa shape index (κ1) is 25.9. The lowest BCUT2D eigenvalue weighted by atomic mass is 9.95. The van der Waals surface area contributed by atoms with Crippen molar-refractivity contribution in [3.63, 3.8) is 0 Å².